The molecule has 0 radical (unpaired) electrons. The molecule has 2 aromatic rings. The van der Waals surface area contributed by atoms with Gasteiger partial charge in [-0.3, -0.25) is 9.59 Å². The number of rotatable bonds is 6. The lowest BCUT2D eigenvalue weighted by Gasteiger charge is -2.31. The number of imidazole rings is 1. The summed E-state index contributed by atoms with van der Waals surface area (Å²) >= 11 is 0. The number of hydrogen-bond donors (Lipinski definition) is 1. The molecule has 8 nitrogen and oxygen atoms in total. The third kappa shape index (κ3) is 4.76. The number of aromatic nitrogens is 2. The van der Waals surface area contributed by atoms with Crippen LogP contribution in [0.25, 0.3) is 11.4 Å². The van der Waals surface area contributed by atoms with Gasteiger partial charge in [0.15, 0.2) is 6.61 Å². The quantitative estimate of drug-likeness (QED) is 0.764. The molecular weight excluding hydrogens is 362 g/mol. The van der Waals surface area contributed by atoms with E-state index in [1.807, 2.05) is 0 Å². The summed E-state index contributed by atoms with van der Waals surface area (Å²) in [6.45, 7) is 2.56. The van der Waals surface area contributed by atoms with Crippen molar-refractivity contribution in [1.29, 1.82) is 0 Å². The monoisotopic (exact) mass is 385 g/mol. The maximum atomic E-state index is 12.4. The van der Waals surface area contributed by atoms with Gasteiger partial charge in [0.05, 0.1) is 18.1 Å². The first-order valence-corrected chi connectivity index (χ1v) is 9.30. The Morgan fingerprint density at radius 1 is 1.21 bits per heavy atom. The molecule has 1 unspecified atom stereocenters. The van der Waals surface area contributed by atoms with Crippen LogP contribution < -0.4 is 0 Å². The molecule has 1 fully saturated rings. The van der Waals surface area contributed by atoms with E-state index in [4.69, 9.17) is 9.47 Å². The Morgan fingerprint density at radius 2 is 2.00 bits per heavy atom. The number of piperidine rings is 1. The summed E-state index contributed by atoms with van der Waals surface area (Å²) < 4.78 is 10.2. The SMILES string of the molecule is CCOC(=O)C1CCCN(C(=O)COC(=O)c2ccc(-c3ncc[nH]3)cc2)C1. The lowest BCUT2D eigenvalue weighted by molar-refractivity contribution is -0.151. The Morgan fingerprint density at radius 3 is 2.68 bits per heavy atom. The molecule has 1 aliphatic heterocycles. The molecule has 148 valence electrons. The Hall–Kier alpha value is -3.16. The van der Waals surface area contributed by atoms with E-state index in [0.29, 0.717) is 37.5 Å². The summed E-state index contributed by atoms with van der Waals surface area (Å²) in [5.74, 6) is -0.777. The number of H-pyrrole nitrogens is 1. The fourth-order valence-electron chi connectivity index (χ4n) is 3.15. The molecule has 0 aliphatic carbocycles. The maximum Gasteiger partial charge on any atom is 0.338 e. The average molecular weight is 385 g/mol. The standard InChI is InChI=1S/C20H23N3O5/c1-2-27-20(26)16-4-3-11-23(12-16)17(24)13-28-19(25)15-7-5-14(6-8-15)18-21-9-10-22-18/h5-10,16H,2-4,11-13H2,1H3,(H,21,22). The molecule has 2 heterocycles. The van der Waals surface area contributed by atoms with Crippen LogP contribution in [0.4, 0.5) is 0 Å². The summed E-state index contributed by atoms with van der Waals surface area (Å²) in [7, 11) is 0. The van der Waals surface area contributed by atoms with Gasteiger partial charge in [0.25, 0.3) is 5.91 Å². The molecule has 3 rings (SSSR count). The molecule has 1 aromatic carbocycles. The molecule has 8 heteroatoms. The molecule has 28 heavy (non-hydrogen) atoms. The predicted octanol–water partition coefficient (Wildman–Crippen LogP) is 2.04. The number of esters is 2. The van der Waals surface area contributed by atoms with Crippen LogP contribution in [0.2, 0.25) is 0 Å². The number of amides is 1. The van der Waals surface area contributed by atoms with Crippen molar-refractivity contribution in [1.82, 2.24) is 14.9 Å². The van der Waals surface area contributed by atoms with Crippen LogP contribution in [0, 0.1) is 5.92 Å². The van der Waals surface area contributed by atoms with E-state index in [1.165, 1.54) is 0 Å². The van der Waals surface area contributed by atoms with Crippen LogP contribution >= 0.6 is 0 Å². The summed E-state index contributed by atoms with van der Waals surface area (Å²) in [5.41, 5.74) is 1.20. The van der Waals surface area contributed by atoms with Gasteiger partial charge in [-0.2, -0.15) is 0 Å². The summed E-state index contributed by atoms with van der Waals surface area (Å²) in [6, 6.07) is 6.77. The molecule has 1 atom stereocenters. The number of carbonyl (C=O) groups is 3. The minimum absolute atomic E-state index is 0.284. The lowest BCUT2D eigenvalue weighted by atomic mass is 9.98. The van der Waals surface area contributed by atoms with E-state index in [9.17, 15) is 14.4 Å². The van der Waals surface area contributed by atoms with Gasteiger partial charge in [0.2, 0.25) is 0 Å². The van der Waals surface area contributed by atoms with E-state index < -0.39 is 5.97 Å². The van der Waals surface area contributed by atoms with Crippen molar-refractivity contribution >= 4 is 17.8 Å². The van der Waals surface area contributed by atoms with Gasteiger partial charge < -0.3 is 19.4 Å². The molecule has 0 saturated carbocycles. The predicted molar refractivity (Wildman–Crippen MR) is 100 cm³/mol. The zero-order valence-corrected chi connectivity index (χ0v) is 15.7. The topological polar surface area (TPSA) is 102 Å². The van der Waals surface area contributed by atoms with Gasteiger partial charge in [-0.25, -0.2) is 9.78 Å². The molecule has 0 bridgehead atoms. The van der Waals surface area contributed by atoms with Crippen molar-refractivity contribution in [2.45, 2.75) is 19.8 Å². The van der Waals surface area contributed by atoms with E-state index >= 15 is 0 Å². The molecule has 0 spiro atoms. The molecule has 1 amide bonds. The number of ether oxygens (including phenoxy) is 2. The highest BCUT2D eigenvalue weighted by Gasteiger charge is 2.29. The van der Waals surface area contributed by atoms with Crippen LogP contribution in [0.5, 0.6) is 0 Å². The summed E-state index contributed by atoms with van der Waals surface area (Å²) in [5, 5.41) is 0. The van der Waals surface area contributed by atoms with Crippen molar-refractivity contribution in [2.75, 3.05) is 26.3 Å². The van der Waals surface area contributed by atoms with E-state index in [2.05, 4.69) is 9.97 Å². The van der Waals surface area contributed by atoms with Crippen LogP contribution in [-0.2, 0) is 19.1 Å². The van der Waals surface area contributed by atoms with E-state index in [0.717, 1.165) is 12.0 Å². The number of likely N-dealkylation sites (tertiary alicyclic amines) is 1. The lowest BCUT2D eigenvalue weighted by Crippen LogP contribution is -2.44. The second kappa shape index (κ2) is 9.16. The fourth-order valence-corrected chi connectivity index (χ4v) is 3.15. The van der Waals surface area contributed by atoms with E-state index in [1.54, 1.807) is 48.5 Å². The van der Waals surface area contributed by atoms with Crippen LogP contribution in [0.3, 0.4) is 0 Å². The van der Waals surface area contributed by atoms with Crippen molar-refractivity contribution in [3.63, 3.8) is 0 Å². The van der Waals surface area contributed by atoms with Gasteiger partial charge >= 0.3 is 11.9 Å². The highest BCUT2D eigenvalue weighted by molar-refractivity contribution is 5.91. The number of nitrogens with one attached hydrogen (secondary N) is 1. The average Bonchev–Trinajstić information content (AvgIpc) is 3.27. The molecule has 1 aliphatic rings. The second-order valence-corrected chi connectivity index (χ2v) is 6.52. The van der Waals surface area contributed by atoms with Crippen LogP contribution in [0.15, 0.2) is 36.7 Å². The smallest absolute Gasteiger partial charge is 0.338 e. The van der Waals surface area contributed by atoms with Gasteiger partial charge in [0.1, 0.15) is 5.82 Å². The summed E-state index contributed by atoms with van der Waals surface area (Å²) in [4.78, 5) is 45.1. The third-order valence-electron chi connectivity index (χ3n) is 4.61. The highest BCUT2D eigenvalue weighted by Crippen LogP contribution is 2.19. The minimum atomic E-state index is -0.571. The van der Waals surface area contributed by atoms with E-state index in [-0.39, 0.29) is 24.4 Å². The third-order valence-corrected chi connectivity index (χ3v) is 4.61. The normalized spacial score (nSPS) is 16.5. The Balaban J connectivity index is 1.51. The second-order valence-electron chi connectivity index (χ2n) is 6.52. The fraction of sp³-hybridized carbons (Fsp3) is 0.400. The van der Waals surface area contributed by atoms with Crippen molar-refractivity contribution in [2.24, 2.45) is 5.92 Å². The van der Waals surface area contributed by atoms with Gasteiger partial charge in [0, 0.05) is 31.0 Å². The maximum absolute atomic E-state index is 12.4. The Kier molecular flexibility index (Phi) is 6.41. The van der Waals surface area contributed by atoms with Gasteiger partial charge in [-0.1, -0.05) is 12.1 Å². The zero-order chi connectivity index (χ0) is 19.9. The molecule has 1 saturated heterocycles. The van der Waals surface area contributed by atoms with Crippen molar-refractivity contribution in [3.8, 4) is 11.4 Å². The first-order chi connectivity index (χ1) is 13.6. The van der Waals surface area contributed by atoms with Gasteiger partial charge in [-0.05, 0) is 31.9 Å². The molecular formula is C20H23N3O5. The van der Waals surface area contributed by atoms with Crippen LogP contribution in [-0.4, -0.2) is 59.0 Å². The largest absolute Gasteiger partial charge is 0.466 e. The Bertz CT molecular complexity index is 817. The van der Waals surface area contributed by atoms with Crippen molar-refractivity contribution < 1.29 is 23.9 Å². The number of nitrogens with zero attached hydrogens (tertiary/aromatic N) is 2. The Labute approximate surface area is 162 Å². The molecule has 1 aromatic heterocycles. The summed E-state index contributed by atoms with van der Waals surface area (Å²) in [6.07, 6.45) is 4.79. The number of carbonyl (C=O) groups excluding carboxylic acids is 3. The number of hydrogen-bond acceptors (Lipinski definition) is 6. The molecule has 1 N–H and O–H groups in total. The first-order valence-electron chi connectivity index (χ1n) is 9.30. The van der Waals surface area contributed by atoms with Crippen molar-refractivity contribution in [3.05, 3.63) is 42.2 Å². The van der Waals surface area contributed by atoms with Gasteiger partial charge in [-0.15, -0.1) is 0 Å². The number of aromatic amines is 1. The zero-order valence-electron chi connectivity index (χ0n) is 15.7. The number of benzene rings is 1. The minimum Gasteiger partial charge on any atom is -0.466 e. The van der Waals surface area contributed by atoms with Crippen LogP contribution in [0.1, 0.15) is 30.1 Å². The first kappa shape index (κ1) is 19.6. The highest BCUT2D eigenvalue weighted by atomic mass is 16.5.